The van der Waals surface area contributed by atoms with E-state index in [1.165, 1.54) is 61.3 Å². The zero-order valence-corrected chi connectivity index (χ0v) is 32.1. The molecule has 56 heavy (non-hydrogen) atoms. The topological polar surface area (TPSA) is 16.4 Å². The maximum absolute atomic E-state index is 6.21. The van der Waals surface area contributed by atoms with Gasteiger partial charge in [-0.1, -0.05) is 155 Å². The zero-order chi connectivity index (χ0) is 37.8. The van der Waals surface area contributed by atoms with Crippen molar-refractivity contribution in [1.29, 1.82) is 0 Å². The molecule has 0 unspecified atom stereocenters. The first kappa shape index (κ1) is 32.8. The minimum atomic E-state index is -0.127. The van der Waals surface area contributed by atoms with E-state index >= 15 is 0 Å². The summed E-state index contributed by atoms with van der Waals surface area (Å²) in [7, 11) is 0. The Labute approximate surface area is 328 Å². The second-order valence-corrected chi connectivity index (χ2v) is 16.5. The largest absolute Gasteiger partial charge is 0.456 e. The number of anilines is 3. The van der Waals surface area contributed by atoms with E-state index in [4.69, 9.17) is 4.42 Å². The molecule has 1 aromatic heterocycles. The molecule has 0 amide bonds. The second-order valence-electron chi connectivity index (χ2n) is 16.5. The molecule has 11 rings (SSSR count). The lowest BCUT2D eigenvalue weighted by atomic mass is 9.82. The number of furan rings is 1. The summed E-state index contributed by atoms with van der Waals surface area (Å²) >= 11 is 0. The molecule has 0 atom stereocenters. The van der Waals surface area contributed by atoms with E-state index in [-0.39, 0.29) is 10.8 Å². The van der Waals surface area contributed by atoms with Gasteiger partial charge in [-0.15, -0.1) is 0 Å². The average molecular weight is 720 g/mol. The molecule has 0 fully saturated rings. The van der Waals surface area contributed by atoms with Crippen molar-refractivity contribution in [1.82, 2.24) is 0 Å². The van der Waals surface area contributed by atoms with Crippen molar-refractivity contribution in [2.45, 2.75) is 38.5 Å². The van der Waals surface area contributed by atoms with Crippen molar-refractivity contribution < 1.29 is 4.42 Å². The predicted octanol–water partition coefficient (Wildman–Crippen LogP) is 15.0. The SMILES string of the molecule is CC1(C)c2ccccc2-c2cc(-c3ccccc3N(c3cccc(-c4ccc5oc6ccccc6c5c4)c3)c3cccc4c3-c3ccccc3C4(C)C)ccc21. The van der Waals surface area contributed by atoms with Crippen LogP contribution in [-0.2, 0) is 10.8 Å². The summed E-state index contributed by atoms with van der Waals surface area (Å²) < 4.78 is 6.21. The number of rotatable bonds is 5. The van der Waals surface area contributed by atoms with Crippen molar-refractivity contribution in [3.8, 4) is 44.5 Å². The maximum atomic E-state index is 6.21. The first-order chi connectivity index (χ1) is 27.3. The summed E-state index contributed by atoms with van der Waals surface area (Å²) in [6, 6.07) is 64.7. The molecule has 0 spiro atoms. The van der Waals surface area contributed by atoms with E-state index in [9.17, 15) is 0 Å². The molecule has 0 saturated carbocycles. The minimum absolute atomic E-state index is 0.0486. The van der Waals surface area contributed by atoms with Gasteiger partial charge < -0.3 is 9.32 Å². The Kier molecular flexibility index (Phi) is 6.98. The highest BCUT2D eigenvalue weighted by Gasteiger charge is 2.38. The molecular weight excluding hydrogens is 679 g/mol. The number of fused-ring (bicyclic) bond motifs is 9. The van der Waals surface area contributed by atoms with Crippen LogP contribution in [0.3, 0.4) is 0 Å². The van der Waals surface area contributed by atoms with Gasteiger partial charge >= 0.3 is 0 Å². The van der Waals surface area contributed by atoms with Crippen molar-refractivity contribution >= 4 is 39.0 Å². The lowest BCUT2D eigenvalue weighted by molar-refractivity contribution is 0.660. The van der Waals surface area contributed by atoms with Crippen LogP contribution in [0.15, 0.2) is 180 Å². The van der Waals surface area contributed by atoms with Gasteiger partial charge in [0.1, 0.15) is 11.2 Å². The zero-order valence-electron chi connectivity index (χ0n) is 32.1. The van der Waals surface area contributed by atoms with Crippen LogP contribution in [0, 0.1) is 0 Å². The van der Waals surface area contributed by atoms with Crippen molar-refractivity contribution in [2.24, 2.45) is 0 Å². The smallest absolute Gasteiger partial charge is 0.135 e. The van der Waals surface area contributed by atoms with E-state index in [2.05, 4.69) is 196 Å². The van der Waals surface area contributed by atoms with Gasteiger partial charge in [0.05, 0.1) is 11.4 Å². The highest BCUT2D eigenvalue weighted by molar-refractivity contribution is 6.06. The monoisotopic (exact) mass is 719 g/mol. The lowest BCUT2D eigenvalue weighted by Gasteiger charge is -2.31. The molecule has 268 valence electrons. The van der Waals surface area contributed by atoms with Crippen LogP contribution >= 0.6 is 0 Å². The lowest BCUT2D eigenvalue weighted by Crippen LogP contribution is -2.16. The molecule has 0 radical (unpaired) electrons. The van der Waals surface area contributed by atoms with Crippen LogP contribution < -0.4 is 4.90 Å². The number of hydrogen-bond donors (Lipinski definition) is 0. The molecule has 2 aliphatic rings. The van der Waals surface area contributed by atoms with Gasteiger partial charge in [0.2, 0.25) is 0 Å². The summed E-state index contributed by atoms with van der Waals surface area (Å²) in [5.74, 6) is 0. The number of nitrogens with zero attached hydrogens (tertiary/aromatic N) is 1. The van der Waals surface area contributed by atoms with Gasteiger partial charge in [-0.3, -0.25) is 0 Å². The molecule has 1 heterocycles. The fourth-order valence-electron chi connectivity index (χ4n) is 9.86. The summed E-state index contributed by atoms with van der Waals surface area (Å²) in [6.07, 6.45) is 0. The summed E-state index contributed by atoms with van der Waals surface area (Å²) in [5.41, 5.74) is 20.5. The Balaban J connectivity index is 1.14. The molecule has 0 aliphatic heterocycles. The molecule has 0 bridgehead atoms. The van der Waals surface area contributed by atoms with E-state index in [0.29, 0.717) is 0 Å². The maximum Gasteiger partial charge on any atom is 0.135 e. The molecule has 2 nitrogen and oxygen atoms in total. The summed E-state index contributed by atoms with van der Waals surface area (Å²) in [6.45, 7) is 9.42. The van der Waals surface area contributed by atoms with Crippen LogP contribution in [0.1, 0.15) is 49.9 Å². The average Bonchev–Trinajstić information content (AvgIpc) is 3.81. The fraction of sp³-hybridized carbons (Fsp3) is 0.111. The van der Waals surface area contributed by atoms with E-state index < -0.39 is 0 Å². The molecule has 2 aliphatic carbocycles. The third kappa shape index (κ3) is 4.69. The molecule has 2 heteroatoms. The third-order valence-electron chi connectivity index (χ3n) is 12.7. The Hall–Kier alpha value is -6.64. The standard InChI is InChI=1S/C54H41NO/c1-53(2)44-21-9-5-18-39(44)42-33-36(27-29-46(42)53)38-17-7-11-24-48(38)55(49-25-14-23-47-52(49)41-20-6-10-22-45(41)54(47,3)4)37-16-13-15-34(31-37)35-28-30-51-43(32-35)40-19-8-12-26-50(40)56-51/h5-33H,1-4H3. The highest BCUT2D eigenvalue weighted by atomic mass is 16.3. The van der Waals surface area contributed by atoms with Crippen LogP contribution in [0.2, 0.25) is 0 Å². The predicted molar refractivity (Wildman–Crippen MR) is 234 cm³/mol. The van der Waals surface area contributed by atoms with Crippen LogP contribution in [-0.4, -0.2) is 0 Å². The van der Waals surface area contributed by atoms with Crippen molar-refractivity contribution in [2.75, 3.05) is 4.90 Å². The van der Waals surface area contributed by atoms with Crippen molar-refractivity contribution in [3.63, 3.8) is 0 Å². The first-order valence-corrected chi connectivity index (χ1v) is 19.7. The molecule has 0 saturated heterocycles. The Morgan fingerprint density at radius 1 is 0.375 bits per heavy atom. The summed E-state index contributed by atoms with van der Waals surface area (Å²) in [5, 5.41) is 2.27. The van der Waals surface area contributed by atoms with Crippen molar-refractivity contribution in [3.05, 3.63) is 198 Å². The third-order valence-corrected chi connectivity index (χ3v) is 12.7. The van der Waals surface area contributed by atoms with E-state index in [1.54, 1.807) is 0 Å². The van der Waals surface area contributed by atoms with Crippen LogP contribution in [0.25, 0.3) is 66.4 Å². The Bertz CT molecular complexity index is 3050. The molecule has 0 N–H and O–H groups in total. The molecule has 9 aromatic rings. The van der Waals surface area contributed by atoms with E-state index in [1.807, 2.05) is 12.1 Å². The Morgan fingerprint density at radius 3 is 1.82 bits per heavy atom. The number of para-hydroxylation sites is 2. The van der Waals surface area contributed by atoms with Crippen LogP contribution in [0.4, 0.5) is 17.1 Å². The minimum Gasteiger partial charge on any atom is -0.456 e. The van der Waals surface area contributed by atoms with Gasteiger partial charge in [0.15, 0.2) is 0 Å². The second kappa shape index (κ2) is 11.9. The molecule has 8 aromatic carbocycles. The fourth-order valence-corrected chi connectivity index (χ4v) is 9.86. The van der Waals surface area contributed by atoms with Gasteiger partial charge in [0.25, 0.3) is 0 Å². The first-order valence-electron chi connectivity index (χ1n) is 19.7. The van der Waals surface area contributed by atoms with E-state index in [0.717, 1.165) is 44.4 Å². The normalized spacial score (nSPS) is 14.4. The summed E-state index contributed by atoms with van der Waals surface area (Å²) in [4.78, 5) is 2.51. The highest BCUT2D eigenvalue weighted by Crippen LogP contribution is 2.56. The Morgan fingerprint density at radius 2 is 0.964 bits per heavy atom. The van der Waals surface area contributed by atoms with Gasteiger partial charge in [-0.05, 0) is 104 Å². The number of benzene rings is 8. The van der Waals surface area contributed by atoms with Crippen LogP contribution in [0.5, 0.6) is 0 Å². The van der Waals surface area contributed by atoms with Gasteiger partial charge in [0, 0.05) is 38.4 Å². The number of hydrogen-bond acceptors (Lipinski definition) is 2. The van der Waals surface area contributed by atoms with Gasteiger partial charge in [-0.2, -0.15) is 0 Å². The quantitative estimate of drug-likeness (QED) is 0.176. The molecular formula is C54H41NO. The van der Waals surface area contributed by atoms with Gasteiger partial charge in [-0.25, -0.2) is 0 Å².